The molecule has 1 atom stereocenters. The maximum Gasteiger partial charge on any atom is 0.339 e. The lowest BCUT2D eigenvalue weighted by atomic mass is 9.95. The van der Waals surface area contributed by atoms with Crippen LogP contribution >= 0.6 is 0 Å². The summed E-state index contributed by atoms with van der Waals surface area (Å²) in [6.45, 7) is 15.5. The molecular formula is C35H39NO3Si. The maximum atomic E-state index is 11.8. The summed E-state index contributed by atoms with van der Waals surface area (Å²) in [5.74, 6) is -0.405. The lowest BCUT2D eigenvalue weighted by molar-refractivity contribution is 0.0600. The third-order valence-corrected chi connectivity index (χ3v) is 12.6. The van der Waals surface area contributed by atoms with Gasteiger partial charge in [0.05, 0.1) is 18.4 Å². The summed E-state index contributed by atoms with van der Waals surface area (Å²) in [5, 5.41) is 2.47. The molecule has 1 heterocycles. The van der Waals surface area contributed by atoms with E-state index >= 15 is 0 Å². The molecule has 0 bridgehead atoms. The molecule has 4 rings (SSSR count). The minimum atomic E-state index is -2.65. The molecule has 0 aliphatic carbocycles. The van der Waals surface area contributed by atoms with Crippen LogP contribution in [0.4, 0.5) is 0 Å². The van der Waals surface area contributed by atoms with Gasteiger partial charge in [-0.15, -0.1) is 0 Å². The fourth-order valence-corrected chi connectivity index (χ4v) is 10.1. The molecule has 0 fully saturated rings. The first-order valence-electron chi connectivity index (χ1n) is 13.7. The largest absolute Gasteiger partial charge is 0.465 e. The molecule has 0 radical (unpaired) electrons. The summed E-state index contributed by atoms with van der Waals surface area (Å²) in [4.78, 5) is 16.3. The zero-order chi connectivity index (χ0) is 28.9. The van der Waals surface area contributed by atoms with E-state index in [-0.39, 0.29) is 11.1 Å². The Bertz CT molecular complexity index is 1420. The molecule has 0 saturated carbocycles. The molecule has 3 aromatic carbocycles. The Morgan fingerprint density at radius 2 is 1.52 bits per heavy atom. The highest BCUT2D eigenvalue weighted by atomic mass is 28.4. The Morgan fingerprint density at radius 3 is 2.02 bits per heavy atom. The Morgan fingerprint density at radius 1 is 0.925 bits per heavy atom. The summed E-state index contributed by atoms with van der Waals surface area (Å²) in [6.07, 6.45) is 2.28. The molecule has 5 heteroatoms. The monoisotopic (exact) mass is 549 g/mol. The molecule has 206 valence electrons. The third-order valence-electron chi connectivity index (χ3n) is 7.44. The van der Waals surface area contributed by atoms with Crippen molar-refractivity contribution in [1.29, 1.82) is 0 Å². The average Bonchev–Trinajstić information content (AvgIpc) is 2.96. The third kappa shape index (κ3) is 6.01. The lowest BCUT2D eigenvalue weighted by Crippen LogP contribution is -2.67. The SMILES string of the molecule is C=C(c1ccc(C(=O)OC)cn1)c1cc(CC(C)O[Si](c2ccccc2)(c2ccccc2)C(C)(C)C)ccc1C. The van der Waals surface area contributed by atoms with Crippen LogP contribution in [0.2, 0.25) is 5.04 Å². The Labute approximate surface area is 239 Å². The van der Waals surface area contributed by atoms with Gasteiger partial charge in [-0.1, -0.05) is 106 Å². The lowest BCUT2D eigenvalue weighted by Gasteiger charge is -2.44. The topological polar surface area (TPSA) is 48.4 Å². The number of benzene rings is 3. The number of nitrogens with zero attached hydrogens (tertiary/aromatic N) is 1. The predicted octanol–water partition coefficient (Wildman–Crippen LogP) is 6.75. The second-order valence-corrected chi connectivity index (χ2v) is 15.6. The maximum absolute atomic E-state index is 11.8. The first-order chi connectivity index (χ1) is 19.1. The minimum absolute atomic E-state index is 0.0207. The first-order valence-corrected chi connectivity index (χ1v) is 15.6. The minimum Gasteiger partial charge on any atom is -0.465 e. The van der Waals surface area contributed by atoms with Crippen molar-refractivity contribution in [2.45, 2.75) is 52.2 Å². The molecular weight excluding hydrogens is 510 g/mol. The van der Waals surface area contributed by atoms with Crippen molar-refractivity contribution in [1.82, 2.24) is 4.98 Å². The van der Waals surface area contributed by atoms with E-state index in [1.54, 1.807) is 6.07 Å². The Hall–Kier alpha value is -3.80. The number of pyridine rings is 1. The van der Waals surface area contributed by atoms with Gasteiger partial charge in [0.1, 0.15) is 0 Å². The number of methoxy groups -OCH3 is 1. The first kappa shape index (κ1) is 29.2. The normalized spacial score (nSPS) is 12.6. The highest BCUT2D eigenvalue weighted by Gasteiger charge is 2.50. The summed E-state index contributed by atoms with van der Waals surface area (Å²) in [6, 6.07) is 31.5. The van der Waals surface area contributed by atoms with Gasteiger partial charge in [0, 0.05) is 17.9 Å². The number of aromatic nitrogens is 1. The highest BCUT2D eigenvalue weighted by molar-refractivity contribution is 6.99. The van der Waals surface area contributed by atoms with Gasteiger partial charge in [-0.05, 0) is 64.5 Å². The molecule has 0 saturated heterocycles. The van der Waals surface area contributed by atoms with E-state index in [0.717, 1.165) is 28.8 Å². The van der Waals surface area contributed by atoms with Crippen molar-refractivity contribution >= 4 is 30.2 Å². The van der Waals surface area contributed by atoms with Crippen LogP contribution in [0, 0.1) is 6.92 Å². The Kier molecular flexibility index (Phi) is 8.87. The van der Waals surface area contributed by atoms with Crippen LogP contribution in [-0.4, -0.2) is 32.5 Å². The van der Waals surface area contributed by atoms with Gasteiger partial charge in [0.2, 0.25) is 0 Å². The summed E-state index contributed by atoms with van der Waals surface area (Å²) >= 11 is 0. The number of ether oxygens (including phenoxy) is 1. The molecule has 0 spiro atoms. The van der Waals surface area contributed by atoms with E-state index in [1.165, 1.54) is 29.2 Å². The van der Waals surface area contributed by atoms with Crippen LogP contribution in [0.25, 0.3) is 5.57 Å². The van der Waals surface area contributed by atoms with Crippen LogP contribution in [-0.2, 0) is 15.6 Å². The van der Waals surface area contributed by atoms with Crippen LogP contribution in [0.1, 0.15) is 60.4 Å². The second-order valence-electron chi connectivity index (χ2n) is 11.3. The molecule has 0 aliphatic heterocycles. The molecule has 1 unspecified atom stereocenters. The van der Waals surface area contributed by atoms with Gasteiger partial charge in [-0.3, -0.25) is 4.98 Å². The van der Waals surface area contributed by atoms with E-state index in [1.807, 2.05) is 6.07 Å². The van der Waals surface area contributed by atoms with Crippen LogP contribution in [0.5, 0.6) is 0 Å². The zero-order valence-corrected chi connectivity index (χ0v) is 25.4. The van der Waals surface area contributed by atoms with Gasteiger partial charge in [0.15, 0.2) is 0 Å². The fraction of sp³-hybridized carbons (Fsp3) is 0.257. The van der Waals surface area contributed by atoms with Gasteiger partial charge >= 0.3 is 5.97 Å². The summed E-state index contributed by atoms with van der Waals surface area (Å²) < 4.78 is 12.1. The molecule has 4 nitrogen and oxygen atoms in total. The number of aryl methyl sites for hydroxylation is 1. The zero-order valence-electron chi connectivity index (χ0n) is 24.4. The number of carbonyl (C=O) groups is 1. The Balaban J connectivity index is 1.64. The van der Waals surface area contributed by atoms with Gasteiger partial charge in [0.25, 0.3) is 8.32 Å². The molecule has 40 heavy (non-hydrogen) atoms. The average molecular weight is 550 g/mol. The van der Waals surface area contributed by atoms with E-state index in [4.69, 9.17) is 9.16 Å². The number of rotatable bonds is 9. The van der Waals surface area contributed by atoms with E-state index in [9.17, 15) is 4.79 Å². The van der Waals surface area contributed by atoms with Gasteiger partial charge in [-0.25, -0.2) is 4.79 Å². The number of esters is 1. The molecule has 4 aromatic rings. The van der Waals surface area contributed by atoms with Crippen LogP contribution in [0.15, 0.2) is 104 Å². The number of hydrogen-bond acceptors (Lipinski definition) is 4. The van der Waals surface area contributed by atoms with E-state index < -0.39 is 14.3 Å². The van der Waals surface area contributed by atoms with E-state index in [0.29, 0.717) is 5.56 Å². The van der Waals surface area contributed by atoms with Crippen LogP contribution in [0.3, 0.4) is 0 Å². The van der Waals surface area contributed by atoms with Crippen molar-refractivity contribution in [2.24, 2.45) is 0 Å². The van der Waals surface area contributed by atoms with Crippen molar-refractivity contribution in [3.63, 3.8) is 0 Å². The number of hydrogen-bond donors (Lipinski definition) is 0. The summed E-state index contributed by atoms with van der Waals surface area (Å²) in [7, 11) is -1.28. The van der Waals surface area contributed by atoms with Crippen LogP contribution < -0.4 is 10.4 Å². The molecule has 1 aromatic heterocycles. The second kappa shape index (κ2) is 12.2. The quantitative estimate of drug-likeness (QED) is 0.171. The number of carbonyl (C=O) groups excluding carboxylic acids is 1. The fourth-order valence-electron chi connectivity index (χ4n) is 5.44. The standard InChI is InChI=1S/C35H39NO3Si/c1-25-18-19-28(23-32(25)27(3)33-21-20-29(24-36-33)34(37)38-7)22-26(2)39-40(35(4,5)6,30-14-10-8-11-15-30)31-16-12-9-13-17-31/h8-21,23-24,26H,3,22H2,1-2,4-7H3. The van der Waals surface area contributed by atoms with Crippen molar-refractivity contribution < 1.29 is 14.0 Å². The highest BCUT2D eigenvalue weighted by Crippen LogP contribution is 2.38. The predicted molar refractivity (Wildman–Crippen MR) is 167 cm³/mol. The van der Waals surface area contributed by atoms with Gasteiger partial charge < -0.3 is 9.16 Å². The molecule has 0 aliphatic rings. The van der Waals surface area contributed by atoms with Crippen molar-refractivity contribution in [3.8, 4) is 0 Å². The smallest absolute Gasteiger partial charge is 0.339 e. The molecule has 0 N–H and O–H groups in total. The molecule has 0 amide bonds. The van der Waals surface area contributed by atoms with Gasteiger partial charge in [-0.2, -0.15) is 0 Å². The van der Waals surface area contributed by atoms with Crippen molar-refractivity contribution in [2.75, 3.05) is 7.11 Å². The van der Waals surface area contributed by atoms with E-state index in [2.05, 4.69) is 125 Å². The van der Waals surface area contributed by atoms with Crippen molar-refractivity contribution in [3.05, 3.63) is 132 Å². The summed E-state index contributed by atoms with van der Waals surface area (Å²) in [5.41, 5.74) is 5.29.